The molecule has 17 heavy (non-hydrogen) atoms. The van der Waals surface area contributed by atoms with Gasteiger partial charge in [-0.05, 0) is 19.4 Å². The average Bonchev–Trinajstić information content (AvgIpc) is 2.70. The van der Waals surface area contributed by atoms with E-state index in [0.717, 1.165) is 37.2 Å². The third-order valence-corrected chi connectivity index (χ3v) is 4.16. The van der Waals surface area contributed by atoms with Gasteiger partial charge in [-0.3, -0.25) is 9.82 Å². The van der Waals surface area contributed by atoms with Crippen LogP contribution in [0.5, 0.6) is 0 Å². The lowest BCUT2D eigenvalue weighted by Crippen LogP contribution is -2.24. The van der Waals surface area contributed by atoms with E-state index in [2.05, 4.69) is 20.2 Å². The summed E-state index contributed by atoms with van der Waals surface area (Å²) in [7, 11) is -3.25. The number of aromatic nitrogens is 2. The number of nitrogens with zero attached hydrogens (tertiary/aromatic N) is 1. The van der Waals surface area contributed by atoms with Crippen LogP contribution in [0.3, 0.4) is 0 Å². The fourth-order valence-corrected chi connectivity index (χ4v) is 3.09. The molecule has 6 nitrogen and oxygen atoms in total. The van der Waals surface area contributed by atoms with Crippen LogP contribution in [0.25, 0.3) is 0 Å². The SMILES string of the molecule is CCCCS(=O)(=O)Nc1n[nH]c2c1CCNC2. The summed E-state index contributed by atoms with van der Waals surface area (Å²) >= 11 is 0. The Morgan fingerprint density at radius 1 is 1.47 bits per heavy atom. The van der Waals surface area contributed by atoms with E-state index >= 15 is 0 Å². The topological polar surface area (TPSA) is 86.9 Å². The van der Waals surface area contributed by atoms with E-state index < -0.39 is 10.0 Å². The number of H-pyrrole nitrogens is 1. The Balaban J connectivity index is 2.11. The standard InChI is InChI=1S/C10H18N4O2S/c1-2-3-6-17(15,16)14-10-8-4-5-11-7-9(8)12-13-10/h11H,2-7H2,1H3,(H2,12,13,14). The fraction of sp³-hybridized carbons (Fsp3) is 0.700. The van der Waals surface area contributed by atoms with Crippen LogP contribution in [-0.4, -0.2) is 30.9 Å². The lowest BCUT2D eigenvalue weighted by atomic mass is 10.1. The molecule has 0 saturated carbocycles. The highest BCUT2D eigenvalue weighted by atomic mass is 32.2. The van der Waals surface area contributed by atoms with Gasteiger partial charge in [0.05, 0.1) is 11.4 Å². The van der Waals surface area contributed by atoms with Crippen LogP contribution in [0.2, 0.25) is 0 Å². The van der Waals surface area contributed by atoms with Gasteiger partial charge in [0.1, 0.15) is 0 Å². The molecule has 1 aromatic rings. The van der Waals surface area contributed by atoms with E-state index in [1.54, 1.807) is 0 Å². The zero-order valence-electron chi connectivity index (χ0n) is 9.91. The van der Waals surface area contributed by atoms with Crippen molar-refractivity contribution in [1.29, 1.82) is 0 Å². The summed E-state index contributed by atoms with van der Waals surface area (Å²) in [6, 6.07) is 0. The number of hydrogen-bond acceptors (Lipinski definition) is 4. The van der Waals surface area contributed by atoms with Crippen molar-refractivity contribution >= 4 is 15.8 Å². The van der Waals surface area contributed by atoms with Crippen molar-refractivity contribution in [3.05, 3.63) is 11.3 Å². The molecular weight excluding hydrogens is 240 g/mol. The molecule has 3 N–H and O–H groups in total. The first-order valence-electron chi connectivity index (χ1n) is 5.89. The van der Waals surface area contributed by atoms with Gasteiger partial charge in [0.2, 0.25) is 10.0 Å². The van der Waals surface area contributed by atoms with Gasteiger partial charge in [-0.1, -0.05) is 13.3 Å². The first-order valence-corrected chi connectivity index (χ1v) is 7.55. The molecule has 2 heterocycles. The Kier molecular flexibility index (Phi) is 3.68. The van der Waals surface area contributed by atoms with Gasteiger partial charge >= 0.3 is 0 Å². The van der Waals surface area contributed by atoms with E-state index in [1.807, 2.05) is 6.92 Å². The van der Waals surface area contributed by atoms with E-state index in [0.29, 0.717) is 12.2 Å². The minimum Gasteiger partial charge on any atom is -0.311 e. The molecule has 1 aliphatic rings. The monoisotopic (exact) mass is 258 g/mol. The highest BCUT2D eigenvalue weighted by Crippen LogP contribution is 2.20. The predicted octanol–water partition coefficient (Wildman–Crippen LogP) is 0.597. The first-order chi connectivity index (χ1) is 8.12. The van der Waals surface area contributed by atoms with E-state index in [-0.39, 0.29) is 5.75 Å². The Bertz CT molecular complexity index is 480. The van der Waals surface area contributed by atoms with Crippen LogP contribution in [0.1, 0.15) is 31.0 Å². The number of aromatic amines is 1. The lowest BCUT2D eigenvalue weighted by molar-refractivity contribution is 0.597. The maximum absolute atomic E-state index is 11.8. The van der Waals surface area contributed by atoms with Gasteiger partial charge in [0.25, 0.3) is 0 Å². The smallest absolute Gasteiger partial charge is 0.233 e. The summed E-state index contributed by atoms with van der Waals surface area (Å²) in [4.78, 5) is 0. The molecular formula is C10H18N4O2S. The molecule has 7 heteroatoms. The van der Waals surface area contributed by atoms with Gasteiger partial charge in [-0.2, -0.15) is 5.10 Å². The van der Waals surface area contributed by atoms with Gasteiger partial charge in [0, 0.05) is 12.1 Å². The quantitative estimate of drug-likeness (QED) is 0.721. The van der Waals surface area contributed by atoms with Gasteiger partial charge < -0.3 is 5.32 Å². The molecule has 0 radical (unpaired) electrons. The second-order valence-electron chi connectivity index (χ2n) is 4.23. The van der Waals surface area contributed by atoms with E-state index in [9.17, 15) is 8.42 Å². The Morgan fingerprint density at radius 3 is 3.06 bits per heavy atom. The number of nitrogens with one attached hydrogen (secondary N) is 3. The minimum atomic E-state index is -3.25. The molecule has 0 amide bonds. The van der Waals surface area contributed by atoms with Crippen LogP contribution in [0.15, 0.2) is 0 Å². The number of sulfonamides is 1. The lowest BCUT2D eigenvalue weighted by Gasteiger charge is -2.13. The second kappa shape index (κ2) is 5.05. The Morgan fingerprint density at radius 2 is 2.29 bits per heavy atom. The van der Waals surface area contributed by atoms with Crippen molar-refractivity contribution in [3.63, 3.8) is 0 Å². The summed E-state index contributed by atoms with van der Waals surface area (Å²) in [5, 5.41) is 10.1. The first kappa shape index (κ1) is 12.4. The third-order valence-electron chi connectivity index (χ3n) is 2.83. The number of hydrogen-bond donors (Lipinski definition) is 3. The van der Waals surface area contributed by atoms with Crippen molar-refractivity contribution in [2.75, 3.05) is 17.0 Å². The van der Waals surface area contributed by atoms with Crippen molar-refractivity contribution < 1.29 is 8.42 Å². The molecule has 0 aliphatic carbocycles. The summed E-state index contributed by atoms with van der Waals surface area (Å²) in [6.07, 6.45) is 2.34. The zero-order chi connectivity index (χ0) is 12.3. The van der Waals surface area contributed by atoms with Crippen molar-refractivity contribution in [3.8, 4) is 0 Å². The molecule has 96 valence electrons. The van der Waals surface area contributed by atoms with Crippen LogP contribution in [-0.2, 0) is 23.0 Å². The van der Waals surface area contributed by atoms with Gasteiger partial charge in [0.15, 0.2) is 5.82 Å². The molecule has 0 bridgehead atoms. The maximum Gasteiger partial charge on any atom is 0.233 e. The van der Waals surface area contributed by atoms with Crippen LogP contribution >= 0.6 is 0 Å². The fourth-order valence-electron chi connectivity index (χ4n) is 1.86. The summed E-state index contributed by atoms with van der Waals surface area (Å²) < 4.78 is 26.1. The molecule has 0 fully saturated rings. The number of anilines is 1. The van der Waals surface area contributed by atoms with Crippen molar-refractivity contribution in [2.24, 2.45) is 0 Å². The summed E-state index contributed by atoms with van der Waals surface area (Å²) in [5.41, 5.74) is 1.97. The zero-order valence-corrected chi connectivity index (χ0v) is 10.7. The molecule has 0 aromatic carbocycles. The average molecular weight is 258 g/mol. The van der Waals surface area contributed by atoms with Crippen LogP contribution in [0, 0.1) is 0 Å². The van der Waals surface area contributed by atoms with Gasteiger partial charge in [-0.25, -0.2) is 8.42 Å². The second-order valence-corrected chi connectivity index (χ2v) is 6.07. The third kappa shape index (κ3) is 2.98. The van der Waals surface area contributed by atoms with Crippen LogP contribution in [0.4, 0.5) is 5.82 Å². The highest BCUT2D eigenvalue weighted by molar-refractivity contribution is 7.92. The Hall–Kier alpha value is -1.08. The maximum atomic E-state index is 11.8. The van der Waals surface area contributed by atoms with E-state index in [4.69, 9.17) is 0 Å². The molecule has 1 aliphatic heterocycles. The largest absolute Gasteiger partial charge is 0.311 e. The molecule has 0 unspecified atom stereocenters. The molecule has 1 aromatic heterocycles. The van der Waals surface area contributed by atoms with Crippen molar-refractivity contribution in [2.45, 2.75) is 32.7 Å². The normalized spacial score (nSPS) is 15.6. The summed E-state index contributed by atoms with van der Waals surface area (Å²) in [6.45, 7) is 3.55. The van der Waals surface area contributed by atoms with Gasteiger partial charge in [-0.15, -0.1) is 0 Å². The number of unbranched alkanes of at least 4 members (excludes halogenated alkanes) is 1. The van der Waals surface area contributed by atoms with Crippen LogP contribution < -0.4 is 10.0 Å². The number of fused-ring (bicyclic) bond motifs is 1. The predicted molar refractivity (Wildman–Crippen MR) is 66.3 cm³/mol. The number of rotatable bonds is 5. The Labute approximate surface area is 101 Å². The molecule has 0 atom stereocenters. The van der Waals surface area contributed by atoms with E-state index in [1.165, 1.54) is 0 Å². The summed E-state index contributed by atoms with van der Waals surface area (Å²) in [5.74, 6) is 0.626. The minimum absolute atomic E-state index is 0.156. The molecule has 2 rings (SSSR count). The molecule has 0 spiro atoms. The van der Waals surface area contributed by atoms with Crippen molar-refractivity contribution in [1.82, 2.24) is 15.5 Å². The molecule has 0 saturated heterocycles. The highest BCUT2D eigenvalue weighted by Gasteiger charge is 2.20.